The van der Waals surface area contributed by atoms with Crippen molar-refractivity contribution in [2.45, 2.75) is 62.8 Å². The second kappa shape index (κ2) is 12.2. The van der Waals surface area contributed by atoms with Crippen LogP contribution < -0.4 is 26.2 Å². The van der Waals surface area contributed by atoms with Crippen LogP contribution in [-0.4, -0.2) is 12.2 Å². The molecule has 0 aromatic heterocycles. The second-order valence-electron chi connectivity index (χ2n) is 16.6. The highest BCUT2D eigenvalue weighted by molar-refractivity contribution is 8.00. The van der Waals surface area contributed by atoms with Gasteiger partial charge in [-0.3, -0.25) is 0 Å². The first kappa shape index (κ1) is 34.6. The van der Waals surface area contributed by atoms with Gasteiger partial charge in [-0.15, -0.1) is 0 Å². The molecule has 2 nitrogen and oxygen atoms in total. The summed E-state index contributed by atoms with van der Waals surface area (Å²) in [6.45, 7) is 13.1. The number of nitrogens with zero attached hydrogens (tertiary/aromatic N) is 2. The Morgan fingerprint density at radius 1 is 0.500 bits per heavy atom. The Morgan fingerprint density at radius 2 is 0.907 bits per heavy atom. The van der Waals surface area contributed by atoms with E-state index in [1.165, 1.54) is 11.1 Å². The highest BCUT2D eigenvalue weighted by atomic mass is 32.2. The van der Waals surface area contributed by atoms with Gasteiger partial charge in [0.2, 0.25) is 0 Å². The van der Waals surface area contributed by atoms with Gasteiger partial charge in [-0.2, -0.15) is 13.2 Å². The van der Waals surface area contributed by atoms with Gasteiger partial charge in [0.05, 0.1) is 0 Å². The average molecular weight is 733 g/mol. The van der Waals surface area contributed by atoms with Crippen molar-refractivity contribution in [1.82, 2.24) is 0 Å². The van der Waals surface area contributed by atoms with Crippen molar-refractivity contribution < 1.29 is 13.2 Å². The van der Waals surface area contributed by atoms with Gasteiger partial charge in [-0.25, -0.2) is 0 Å². The SMILES string of the molecule is CC(C)(C)c1ccc2ccc3c(c2c1)N(c1ccccc1)c1cc(SC(F)(F)F)cc2c1B3c1ccc3ccc(C(C)(C)C)cc3c1N2c1ccccc1. The van der Waals surface area contributed by atoms with E-state index in [2.05, 4.69) is 136 Å². The molecule has 0 aliphatic carbocycles. The zero-order valence-corrected chi connectivity index (χ0v) is 32.0. The normalized spacial score (nSPS) is 14.0. The van der Waals surface area contributed by atoms with E-state index in [0.717, 1.165) is 72.1 Å². The van der Waals surface area contributed by atoms with Crippen LogP contribution in [0.3, 0.4) is 0 Å². The molecule has 0 spiro atoms. The number of hydrogen-bond donors (Lipinski definition) is 0. The summed E-state index contributed by atoms with van der Waals surface area (Å²) in [6.07, 6.45) is 0. The van der Waals surface area contributed by atoms with E-state index >= 15 is 0 Å². The molecule has 54 heavy (non-hydrogen) atoms. The fourth-order valence-corrected chi connectivity index (χ4v) is 9.01. The van der Waals surface area contributed by atoms with Crippen molar-refractivity contribution >= 4 is 90.5 Å². The third kappa shape index (κ3) is 5.67. The van der Waals surface area contributed by atoms with Gasteiger partial charge in [-0.05, 0) is 109 Å². The Kier molecular flexibility index (Phi) is 7.82. The molecule has 0 fully saturated rings. The maximum Gasteiger partial charge on any atom is 0.446 e. The lowest BCUT2D eigenvalue weighted by Gasteiger charge is -2.45. The summed E-state index contributed by atoms with van der Waals surface area (Å²) in [5.74, 6) is 0. The van der Waals surface area contributed by atoms with Crippen molar-refractivity contribution in [2.75, 3.05) is 9.80 Å². The van der Waals surface area contributed by atoms with Crippen LogP contribution in [-0.2, 0) is 10.8 Å². The Bertz CT molecular complexity index is 2440. The third-order valence-electron chi connectivity index (χ3n) is 11.0. The summed E-state index contributed by atoms with van der Waals surface area (Å²) in [5.41, 5.74) is 6.26. The number of rotatable bonds is 3. The van der Waals surface area contributed by atoms with Crippen molar-refractivity contribution in [1.29, 1.82) is 0 Å². The molecule has 0 bridgehead atoms. The molecule has 2 aliphatic rings. The third-order valence-corrected chi connectivity index (χ3v) is 11.7. The summed E-state index contributed by atoms with van der Waals surface area (Å²) in [4.78, 5) is 4.58. The fraction of sp³-hybridized carbons (Fsp3) is 0.191. The summed E-state index contributed by atoms with van der Waals surface area (Å²) in [5, 5.41) is 4.32. The molecule has 7 heteroatoms. The van der Waals surface area contributed by atoms with Gasteiger partial charge in [0.15, 0.2) is 0 Å². The number of halogens is 3. The fourth-order valence-electron chi connectivity index (χ4n) is 8.41. The Balaban J connectivity index is 1.47. The molecule has 2 heterocycles. The largest absolute Gasteiger partial charge is 0.446 e. The number of benzene rings is 7. The van der Waals surface area contributed by atoms with Gasteiger partial charge in [0.25, 0.3) is 6.71 Å². The van der Waals surface area contributed by atoms with Gasteiger partial charge < -0.3 is 9.80 Å². The number of fused-ring (bicyclic) bond motifs is 8. The van der Waals surface area contributed by atoms with E-state index in [0.29, 0.717) is 0 Å². The molecule has 7 aromatic rings. The highest BCUT2D eigenvalue weighted by Gasteiger charge is 2.45. The van der Waals surface area contributed by atoms with E-state index in [-0.39, 0.29) is 34.2 Å². The smallest absolute Gasteiger partial charge is 0.311 e. The first-order valence-electron chi connectivity index (χ1n) is 18.5. The maximum atomic E-state index is 14.5. The molecule has 0 N–H and O–H groups in total. The number of para-hydroxylation sites is 2. The van der Waals surface area contributed by atoms with Crippen molar-refractivity contribution in [3.63, 3.8) is 0 Å². The molecule has 0 atom stereocenters. The van der Waals surface area contributed by atoms with E-state index in [1.807, 2.05) is 36.4 Å². The highest BCUT2D eigenvalue weighted by Crippen LogP contribution is 2.50. The number of anilines is 6. The molecule has 0 unspecified atom stereocenters. The van der Waals surface area contributed by atoms with Crippen LogP contribution in [0.2, 0.25) is 0 Å². The van der Waals surface area contributed by atoms with Crippen molar-refractivity contribution in [3.05, 3.63) is 145 Å². The topological polar surface area (TPSA) is 6.48 Å². The number of thioether (sulfide) groups is 1. The van der Waals surface area contributed by atoms with Gasteiger partial charge >= 0.3 is 5.51 Å². The minimum absolute atomic E-state index is 0.0490. The van der Waals surface area contributed by atoms with Crippen LogP contribution in [0.25, 0.3) is 21.5 Å². The zero-order chi connectivity index (χ0) is 37.7. The van der Waals surface area contributed by atoms with Gasteiger partial charge in [-0.1, -0.05) is 126 Å². The predicted molar refractivity (Wildman–Crippen MR) is 225 cm³/mol. The maximum absolute atomic E-state index is 14.5. The number of hydrogen-bond acceptors (Lipinski definition) is 3. The minimum atomic E-state index is -4.47. The van der Waals surface area contributed by atoms with Crippen molar-refractivity contribution in [3.8, 4) is 0 Å². The monoisotopic (exact) mass is 732 g/mol. The number of alkyl halides is 3. The lowest BCUT2D eigenvalue weighted by atomic mass is 9.33. The summed E-state index contributed by atoms with van der Waals surface area (Å²) in [7, 11) is 0. The summed E-state index contributed by atoms with van der Waals surface area (Å²) >= 11 is -0.0490. The molecule has 0 saturated heterocycles. The molecule has 7 aromatic carbocycles. The predicted octanol–water partition coefficient (Wildman–Crippen LogP) is 12.3. The molecule has 9 rings (SSSR count). The van der Waals surface area contributed by atoms with Crippen LogP contribution in [0.4, 0.5) is 47.3 Å². The van der Waals surface area contributed by atoms with Crippen LogP contribution in [0.1, 0.15) is 52.7 Å². The first-order chi connectivity index (χ1) is 25.7. The lowest BCUT2D eigenvalue weighted by Crippen LogP contribution is -2.61. The van der Waals surface area contributed by atoms with Crippen LogP contribution >= 0.6 is 11.8 Å². The van der Waals surface area contributed by atoms with Crippen molar-refractivity contribution in [2.24, 2.45) is 0 Å². The van der Waals surface area contributed by atoms with E-state index in [9.17, 15) is 13.2 Å². The van der Waals surface area contributed by atoms with Crippen LogP contribution in [0.15, 0.2) is 138 Å². The van der Waals surface area contributed by atoms with Crippen LogP contribution in [0, 0.1) is 0 Å². The molecule has 0 radical (unpaired) electrons. The standard InChI is InChI=1S/C47H40BF3N2S/c1-45(2,3)31-21-17-29-19-23-38-43(36(29)25-31)52(33-13-9-7-10-14-33)40-27-35(54-47(49,50)51)28-41-42(40)48(38)39-24-20-30-18-22-32(46(4,5)6)26-37(30)44(39)53(41)34-15-11-8-12-16-34/h7-28H,1-6H3. The molecular formula is C47H40BF3N2S. The summed E-state index contributed by atoms with van der Waals surface area (Å²) in [6, 6.07) is 46.0. The summed E-state index contributed by atoms with van der Waals surface area (Å²) < 4.78 is 43.4. The van der Waals surface area contributed by atoms with E-state index < -0.39 is 5.51 Å². The average Bonchev–Trinajstić information content (AvgIpc) is 3.13. The molecule has 268 valence electrons. The van der Waals surface area contributed by atoms with E-state index in [1.54, 1.807) is 12.1 Å². The second-order valence-corrected chi connectivity index (χ2v) is 17.7. The lowest BCUT2D eigenvalue weighted by molar-refractivity contribution is -0.0328. The quantitative estimate of drug-likeness (QED) is 0.132. The molecular weight excluding hydrogens is 692 g/mol. The minimum Gasteiger partial charge on any atom is -0.311 e. The van der Waals surface area contributed by atoms with Crippen LogP contribution in [0.5, 0.6) is 0 Å². The van der Waals surface area contributed by atoms with Gasteiger partial charge in [0, 0.05) is 49.8 Å². The Hall–Kier alpha value is -5.14. The van der Waals surface area contributed by atoms with E-state index in [4.69, 9.17) is 0 Å². The molecule has 0 saturated carbocycles. The molecule has 0 amide bonds. The first-order valence-corrected chi connectivity index (χ1v) is 19.3. The van der Waals surface area contributed by atoms with Gasteiger partial charge in [0.1, 0.15) is 0 Å². The Morgan fingerprint density at radius 3 is 1.30 bits per heavy atom. The Labute approximate surface area is 319 Å². The zero-order valence-electron chi connectivity index (χ0n) is 31.2. The molecule has 2 aliphatic heterocycles.